The maximum absolute atomic E-state index is 5.99. The predicted molar refractivity (Wildman–Crippen MR) is 106 cm³/mol. The fourth-order valence-electron chi connectivity index (χ4n) is 3.89. The van der Waals surface area contributed by atoms with E-state index in [0.29, 0.717) is 24.0 Å². The number of nitrogen functional groups attached to an aromatic ring is 1. The normalized spacial score (nSPS) is 16.6. The fourth-order valence-corrected chi connectivity index (χ4v) is 3.89. The summed E-state index contributed by atoms with van der Waals surface area (Å²) in [5.41, 5.74) is 8.55. The van der Waals surface area contributed by atoms with Crippen LogP contribution in [-0.2, 0) is 6.61 Å². The number of rotatable bonds is 4. The highest BCUT2D eigenvalue weighted by molar-refractivity contribution is 5.77. The second-order valence-electron chi connectivity index (χ2n) is 7.34. The molecule has 0 radical (unpaired) electrons. The van der Waals surface area contributed by atoms with Gasteiger partial charge in [-0.05, 0) is 18.4 Å². The van der Waals surface area contributed by atoms with Gasteiger partial charge in [-0.1, -0.05) is 68.9 Å². The molecule has 0 unspecified atom stereocenters. The van der Waals surface area contributed by atoms with Gasteiger partial charge in [-0.2, -0.15) is 9.97 Å². The van der Waals surface area contributed by atoms with Gasteiger partial charge < -0.3 is 15.0 Å². The van der Waals surface area contributed by atoms with E-state index in [1.54, 1.807) is 0 Å². The molecule has 0 atom stereocenters. The van der Waals surface area contributed by atoms with E-state index in [1.807, 2.05) is 36.7 Å². The van der Waals surface area contributed by atoms with Crippen LogP contribution in [0.15, 0.2) is 36.7 Å². The zero-order valence-electron chi connectivity index (χ0n) is 15.7. The highest BCUT2D eigenvalue weighted by Gasteiger charge is 2.19. The minimum atomic E-state index is 0.232. The van der Waals surface area contributed by atoms with Crippen molar-refractivity contribution >= 4 is 17.1 Å². The van der Waals surface area contributed by atoms with E-state index in [4.69, 9.17) is 10.5 Å². The molecule has 2 aromatic heterocycles. The van der Waals surface area contributed by atoms with E-state index < -0.39 is 0 Å². The number of hydrogen-bond donors (Lipinski definition) is 1. The third-order valence-electron chi connectivity index (χ3n) is 5.34. The molecular weight excluding hydrogens is 338 g/mol. The van der Waals surface area contributed by atoms with Crippen LogP contribution in [0.4, 0.5) is 5.95 Å². The molecule has 2 N–H and O–H groups in total. The van der Waals surface area contributed by atoms with E-state index in [2.05, 4.69) is 19.5 Å². The first-order valence-electron chi connectivity index (χ1n) is 9.98. The minimum Gasteiger partial charge on any atom is -0.471 e. The number of aromatic nitrogens is 4. The van der Waals surface area contributed by atoms with Crippen LogP contribution >= 0.6 is 0 Å². The summed E-state index contributed by atoms with van der Waals surface area (Å²) < 4.78 is 8.13. The Morgan fingerprint density at radius 3 is 2.41 bits per heavy atom. The molecule has 0 bridgehead atoms. The van der Waals surface area contributed by atoms with Crippen LogP contribution < -0.4 is 10.5 Å². The molecule has 2 heterocycles. The van der Waals surface area contributed by atoms with Gasteiger partial charge in [-0.3, -0.25) is 0 Å². The Morgan fingerprint density at radius 1 is 0.963 bits per heavy atom. The number of benzene rings is 1. The summed E-state index contributed by atoms with van der Waals surface area (Å²) in [6.07, 6.45) is 12.0. The van der Waals surface area contributed by atoms with E-state index in [1.165, 1.54) is 38.5 Å². The Morgan fingerprint density at radius 2 is 1.67 bits per heavy atom. The van der Waals surface area contributed by atoms with Crippen LogP contribution in [0.5, 0.6) is 5.88 Å². The van der Waals surface area contributed by atoms with E-state index >= 15 is 0 Å². The quantitative estimate of drug-likeness (QED) is 0.727. The Kier molecular flexibility index (Phi) is 5.51. The number of hydrogen-bond acceptors (Lipinski definition) is 5. The molecule has 1 aliphatic rings. The SMILES string of the molecule is Nc1nc(OCc2ccccc2)c2ncn(C3CCCCCCCC3)c2n1. The van der Waals surface area contributed by atoms with Crippen LogP contribution in [0.1, 0.15) is 63.0 Å². The van der Waals surface area contributed by atoms with Gasteiger partial charge in [-0.15, -0.1) is 0 Å². The summed E-state index contributed by atoms with van der Waals surface area (Å²) in [5.74, 6) is 0.693. The zero-order chi connectivity index (χ0) is 18.5. The Balaban J connectivity index is 1.60. The number of anilines is 1. The van der Waals surface area contributed by atoms with E-state index in [-0.39, 0.29) is 5.95 Å². The minimum absolute atomic E-state index is 0.232. The molecular formula is C21H27N5O. The monoisotopic (exact) mass is 365 g/mol. The fraction of sp³-hybridized carbons (Fsp3) is 0.476. The molecule has 1 aromatic carbocycles. The van der Waals surface area contributed by atoms with Crippen LogP contribution in [-0.4, -0.2) is 19.5 Å². The van der Waals surface area contributed by atoms with Crippen molar-refractivity contribution in [2.45, 2.75) is 64.0 Å². The van der Waals surface area contributed by atoms with Crippen LogP contribution in [0.2, 0.25) is 0 Å². The Bertz CT molecular complexity index is 867. The van der Waals surface area contributed by atoms with Crippen molar-refractivity contribution in [2.24, 2.45) is 0 Å². The molecule has 27 heavy (non-hydrogen) atoms. The summed E-state index contributed by atoms with van der Waals surface area (Å²) in [6.45, 7) is 0.433. The molecule has 6 nitrogen and oxygen atoms in total. The van der Waals surface area contributed by atoms with Gasteiger partial charge in [0.15, 0.2) is 11.2 Å². The highest BCUT2D eigenvalue weighted by Crippen LogP contribution is 2.31. The summed E-state index contributed by atoms with van der Waals surface area (Å²) in [7, 11) is 0. The molecule has 0 saturated heterocycles. The van der Waals surface area contributed by atoms with Gasteiger partial charge in [0.05, 0.1) is 6.33 Å². The summed E-state index contributed by atoms with van der Waals surface area (Å²) in [4.78, 5) is 13.4. The van der Waals surface area contributed by atoms with Gasteiger partial charge >= 0.3 is 0 Å². The Hall–Kier alpha value is -2.63. The van der Waals surface area contributed by atoms with Crippen molar-refractivity contribution in [2.75, 3.05) is 5.73 Å². The molecule has 142 valence electrons. The molecule has 3 aromatic rings. The van der Waals surface area contributed by atoms with Gasteiger partial charge in [0, 0.05) is 6.04 Å². The smallest absolute Gasteiger partial charge is 0.247 e. The summed E-state index contributed by atoms with van der Waals surface area (Å²) in [5, 5.41) is 0. The second-order valence-corrected chi connectivity index (χ2v) is 7.34. The lowest BCUT2D eigenvalue weighted by Crippen LogP contribution is -2.10. The topological polar surface area (TPSA) is 78.9 Å². The molecule has 6 heteroatoms. The first kappa shape index (κ1) is 17.8. The number of nitrogens with two attached hydrogens (primary N) is 1. The van der Waals surface area contributed by atoms with Gasteiger partial charge in [-0.25, -0.2) is 4.98 Å². The first-order chi connectivity index (χ1) is 13.3. The number of fused-ring (bicyclic) bond motifs is 1. The molecule has 1 aliphatic carbocycles. The largest absolute Gasteiger partial charge is 0.471 e. The average molecular weight is 365 g/mol. The Labute approximate surface area is 159 Å². The molecule has 1 fully saturated rings. The van der Waals surface area contributed by atoms with Crippen molar-refractivity contribution < 1.29 is 4.74 Å². The maximum Gasteiger partial charge on any atom is 0.247 e. The zero-order valence-corrected chi connectivity index (χ0v) is 15.7. The van der Waals surface area contributed by atoms with Gasteiger partial charge in [0.1, 0.15) is 6.61 Å². The first-order valence-corrected chi connectivity index (χ1v) is 9.98. The van der Waals surface area contributed by atoms with Crippen LogP contribution in [0, 0.1) is 0 Å². The average Bonchev–Trinajstić information content (AvgIpc) is 3.15. The lowest BCUT2D eigenvalue weighted by molar-refractivity contribution is 0.297. The second kappa shape index (κ2) is 8.37. The van der Waals surface area contributed by atoms with Crippen molar-refractivity contribution in [1.29, 1.82) is 0 Å². The standard InChI is InChI=1S/C21H27N5O/c22-21-24-19-18(20(25-21)27-14-16-10-6-5-7-11-16)23-15-26(19)17-12-8-3-1-2-4-9-13-17/h5-7,10-11,15,17H,1-4,8-9,12-14H2,(H2,22,24,25). The maximum atomic E-state index is 5.99. The third-order valence-corrected chi connectivity index (χ3v) is 5.34. The van der Waals surface area contributed by atoms with E-state index in [9.17, 15) is 0 Å². The number of imidazole rings is 1. The van der Waals surface area contributed by atoms with Crippen LogP contribution in [0.3, 0.4) is 0 Å². The number of ether oxygens (including phenoxy) is 1. The summed E-state index contributed by atoms with van der Waals surface area (Å²) >= 11 is 0. The number of nitrogens with zero attached hydrogens (tertiary/aromatic N) is 4. The molecule has 1 saturated carbocycles. The molecule has 0 amide bonds. The third kappa shape index (κ3) is 4.21. The highest BCUT2D eigenvalue weighted by atomic mass is 16.5. The lowest BCUT2D eigenvalue weighted by Gasteiger charge is -2.18. The summed E-state index contributed by atoms with van der Waals surface area (Å²) in [6, 6.07) is 10.5. The molecule has 0 aliphatic heterocycles. The van der Waals surface area contributed by atoms with Gasteiger partial charge in [0.2, 0.25) is 11.8 Å². The molecule has 4 rings (SSSR count). The molecule has 0 spiro atoms. The van der Waals surface area contributed by atoms with E-state index in [0.717, 1.165) is 24.1 Å². The van der Waals surface area contributed by atoms with Gasteiger partial charge in [0.25, 0.3) is 0 Å². The van der Waals surface area contributed by atoms with Crippen molar-refractivity contribution in [3.63, 3.8) is 0 Å². The van der Waals surface area contributed by atoms with Crippen molar-refractivity contribution in [3.8, 4) is 5.88 Å². The predicted octanol–water partition coefficient (Wildman–Crippen LogP) is 4.66. The van der Waals surface area contributed by atoms with Crippen LogP contribution in [0.25, 0.3) is 11.2 Å². The lowest BCUT2D eigenvalue weighted by atomic mass is 10.1. The van der Waals surface area contributed by atoms with Crippen molar-refractivity contribution in [3.05, 3.63) is 42.2 Å². The van der Waals surface area contributed by atoms with Crippen molar-refractivity contribution in [1.82, 2.24) is 19.5 Å².